The molecule has 0 aliphatic carbocycles. The number of hydrogen-bond acceptors (Lipinski definition) is 4. The molecule has 0 atom stereocenters. The molecule has 1 aromatic carbocycles. The van der Waals surface area contributed by atoms with Crippen LogP contribution >= 0.6 is 47.0 Å². The van der Waals surface area contributed by atoms with Gasteiger partial charge in [0.05, 0.1) is 12.7 Å². The van der Waals surface area contributed by atoms with Crippen LogP contribution in [0.5, 0.6) is 0 Å². The number of terminal acetylenes is 1. The number of benzene rings is 1. The molecule has 0 nitrogen and oxygen atoms in total. The summed E-state index contributed by atoms with van der Waals surface area (Å²) < 4.78 is 4.48. The van der Waals surface area contributed by atoms with Gasteiger partial charge in [0.15, 0.2) is 0 Å². The van der Waals surface area contributed by atoms with Gasteiger partial charge in [-0.1, -0.05) is 145 Å². The molecule has 1 aromatic rings. The Kier molecular flexibility index (Phi) is 19.1. The molecule has 200 valence electrons. The zero-order valence-electron chi connectivity index (χ0n) is 22.8. The summed E-state index contributed by atoms with van der Waals surface area (Å²) in [6.07, 6.45) is 30.1. The molecule has 0 amide bonds. The van der Waals surface area contributed by atoms with Crippen molar-refractivity contribution in [3.8, 4) is 12.3 Å². The van der Waals surface area contributed by atoms with E-state index in [0.717, 1.165) is 5.56 Å². The lowest BCUT2D eigenvalue weighted by Crippen LogP contribution is -1.85. The molecule has 2 rings (SSSR count). The Balaban J connectivity index is 1.77. The zero-order chi connectivity index (χ0) is 25.7. The van der Waals surface area contributed by atoms with Crippen LogP contribution in [0.3, 0.4) is 0 Å². The molecular formula is C32H48S4. The maximum atomic E-state index is 5.52. The Bertz CT molecular complexity index is 764. The number of hydrogen-bond donors (Lipinski definition) is 0. The van der Waals surface area contributed by atoms with Gasteiger partial charge in [0.1, 0.15) is 0 Å². The lowest BCUT2D eigenvalue weighted by molar-refractivity contribution is 0.586. The van der Waals surface area contributed by atoms with Gasteiger partial charge in [-0.3, -0.25) is 0 Å². The maximum absolute atomic E-state index is 5.52. The first-order valence-corrected chi connectivity index (χ1v) is 18.0. The third-order valence-corrected chi connectivity index (χ3v) is 11.9. The van der Waals surface area contributed by atoms with Gasteiger partial charge in [0.2, 0.25) is 0 Å². The van der Waals surface area contributed by atoms with Crippen molar-refractivity contribution in [2.24, 2.45) is 0 Å². The van der Waals surface area contributed by atoms with Gasteiger partial charge in [-0.15, -0.1) is 29.9 Å². The monoisotopic (exact) mass is 560 g/mol. The van der Waals surface area contributed by atoms with Gasteiger partial charge in [-0.05, 0) is 48.1 Å². The van der Waals surface area contributed by atoms with Crippen molar-refractivity contribution in [3.05, 3.63) is 48.1 Å². The molecule has 1 heterocycles. The van der Waals surface area contributed by atoms with Crippen molar-refractivity contribution in [3.63, 3.8) is 0 Å². The molecule has 0 saturated heterocycles. The minimum atomic E-state index is 0.949. The largest absolute Gasteiger partial charge is 0.117 e. The van der Waals surface area contributed by atoms with Gasteiger partial charge >= 0.3 is 0 Å². The fraction of sp³-hybridized carbons (Fsp3) is 0.625. The molecule has 0 radical (unpaired) electrons. The third kappa shape index (κ3) is 14.6. The summed E-state index contributed by atoms with van der Waals surface area (Å²) >= 11 is 8.17. The highest BCUT2D eigenvalue weighted by molar-refractivity contribution is 8.40. The molecule has 0 bridgehead atoms. The van der Waals surface area contributed by atoms with E-state index < -0.39 is 0 Å². The lowest BCUT2D eigenvalue weighted by Gasteiger charge is -2.06. The van der Waals surface area contributed by atoms with Crippen LogP contribution in [0.4, 0.5) is 0 Å². The second kappa shape index (κ2) is 21.6. The summed E-state index contributed by atoms with van der Waals surface area (Å²) in [5.74, 6) is 5.22. The molecule has 0 saturated carbocycles. The van der Waals surface area contributed by atoms with Crippen molar-refractivity contribution in [1.82, 2.24) is 0 Å². The summed E-state index contributed by atoms with van der Waals surface area (Å²) in [6.45, 7) is 4.59. The molecule has 0 N–H and O–H groups in total. The van der Waals surface area contributed by atoms with Crippen LogP contribution in [0.25, 0.3) is 6.08 Å². The van der Waals surface area contributed by atoms with E-state index in [9.17, 15) is 0 Å². The van der Waals surface area contributed by atoms with E-state index in [1.807, 2.05) is 35.7 Å². The third-order valence-electron chi connectivity index (χ3n) is 6.38. The molecule has 36 heavy (non-hydrogen) atoms. The van der Waals surface area contributed by atoms with E-state index >= 15 is 0 Å². The van der Waals surface area contributed by atoms with Gasteiger partial charge < -0.3 is 0 Å². The van der Waals surface area contributed by atoms with Crippen LogP contribution in [0, 0.1) is 12.3 Å². The van der Waals surface area contributed by atoms with Crippen molar-refractivity contribution >= 4 is 53.1 Å². The Morgan fingerprint density at radius 1 is 0.639 bits per heavy atom. The summed E-state index contributed by atoms with van der Waals surface area (Å²) in [5.41, 5.74) is 2.19. The first kappa shape index (κ1) is 31.9. The zero-order valence-corrected chi connectivity index (χ0v) is 26.1. The molecule has 1 aliphatic heterocycles. The second-order valence-corrected chi connectivity index (χ2v) is 14.7. The van der Waals surface area contributed by atoms with E-state index in [2.05, 4.69) is 61.5 Å². The normalized spacial score (nSPS) is 13.4. The SMILES string of the molecule is C#Cc1ccc(C=C2SC(SCCCCCCCCCC)=C(SCCCCCCCCCC)S2)cc1. The highest BCUT2D eigenvalue weighted by Gasteiger charge is 2.22. The highest BCUT2D eigenvalue weighted by atomic mass is 32.3. The summed E-state index contributed by atoms with van der Waals surface area (Å²) in [7, 11) is 0. The topological polar surface area (TPSA) is 0 Å². The van der Waals surface area contributed by atoms with E-state index in [1.54, 1.807) is 8.47 Å². The van der Waals surface area contributed by atoms with E-state index in [4.69, 9.17) is 6.42 Å². The predicted octanol–water partition coefficient (Wildman–Crippen LogP) is 12.3. The molecule has 4 heteroatoms. The lowest BCUT2D eigenvalue weighted by atomic mass is 10.1. The van der Waals surface area contributed by atoms with E-state index in [-0.39, 0.29) is 0 Å². The summed E-state index contributed by atoms with van der Waals surface area (Å²) in [6, 6.07) is 8.37. The number of rotatable bonds is 21. The van der Waals surface area contributed by atoms with Crippen LogP contribution < -0.4 is 0 Å². The fourth-order valence-corrected chi connectivity index (χ4v) is 10.1. The van der Waals surface area contributed by atoms with Gasteiger partial charge in [-0.2, -0.15) is 0 Å². The Labute approximate surface area is 240 Å². The molecule has 0 unspecified atom stereocenters. The van der Waals surface area contributed by atoms with Crippen LogP contribution in [-0.4, -0.2) is 11.5 Å². The molecule has 0 spiro atoms. The van der Waals surface area contributed by atoms with Crippen LogP contribution in [0.15, 0.2) is 37.0 Å². The first-order chi connectivity index (χ1) is 17.8. The first-order valence-electron chi connectivity index (χ1n) is 14.4. The van der Waals surface area contributed by atoms with Crippen molar-refractivity contribution < 1.29 is 0 Å². The Morgan fingerprint density at radius 3 is 1.47 bits per heavy atom. The van der Waals surface area contributed by atoms with Gasteiger partial charge in [0, 0.05) is 5.56 Å². The average Bonchev–Trinajstić information content (AvgIpc) is 3.28. The van der Waals surface area contributed by atoms with Crippen molar-refractivity contribution in [2.45, 2.75) is 117 Å². The smallest absolute Gasteiger partial charge is 0.0659 e. The second-order valence-electron chi connectivity index (χ2n) is 9.66. The average molecular weight is 561 g/mol. The molecule has 1 aliphatic rings. The quantitative estimate of drug-likeness (QED) is 0.108. The minimum Gasteiger partial charge on any atom is -0.117 e. The van der Waals surface area contributed by atoms with Crippen molar-refractivity contribution in [1.29, 1.82) is 0 Å². The van der Waals surface area contributed by atoms with Crippen LogP contribution in [0.2, 0.25) is 0 Å². The molecule has 0 fully saturated rings. The molecule has 0 aromatic heterocycles. The maximum Gasteiger partial charge on any atom is 0.0659 e. The van der Waals surface area contributed by atoms with Crippen molar-refractivity contribution in [2.75, 3.05) is 11.5 Å². The Hall–Kier alpha value is -0.340. The van der Waals surface area contributed by atoms with E-state index in [0.29, 0.717) is 0 Å². The van der Waals surface area contributed by atoms with E-state index in [1.165, 1.54) is 124 Å². The van der Waals surface area contributed by atoms with Gasteiger partial charge in [0.25, 0.3) is 0 Å². The summed E-state index contributed by atoms with van der Waals surface area (Å²) in [5, 5.41) is 0. The fourth-order valence-electron chi connectivity index (χ4n) is 4.14. The summed E-state index contributed by atoms with van der Waals surface area (Å²) in [4.78, 5) is 0. The van der Waals surface area contributed by atoms with Crippen LogP contribution in [0.1, 0.15) is 128 Å². The Morgan fingerprint density at radius 2 is 1.06 bits per heavy atom. The number of unbranched alkanes of at least 4 members (excludes halogenated alkanes) is 14. The predicted molar refractivity (Wildman–Crippen MR) is 175 cm³/mol. The molecular weight excluding hydrogens is 513 g/mol. The highest BCUT2D eigenvalue weighted by Crippen LogP contribution is 2.57. The number of thioether (sulfide) groups is 4. The van der Waals surface area contributed by atoms with Gasteiger partial charge in [-0.25, -0.2) is 0 Å². The standard InChI is InChI=1S/C32H48S4/c1-4-7-9-11-13-15-17-19-25-33-31-32(34-26-20-18-16-14-12-10-8-5-2)36-30(35-31)27-29-23-21-28(6-3)22-24-29/h3,21-24,27H,4-5,7-20,25-26H2,1-2H3. The minimum absolute atomic E-state index is 0.949. The van der Waals surface area contributed by atoms with Crippen LogP contribution in [-0.2, 0) is 0 Å².